The molecule has 2 aromatic rings. The minimum absolute atomic E-state index is 0.0646. The number of phenolic OH excluding ortho intramolecular Hbond substituents is 2. The third-order valence-electron chi connectivity index (χ3n) is 3.44. The number of aliphatic carboxylic acids is 2. The van der Waals surface area contributed by atoms with E-state index in [1.807, 2.05) is 0 Å². The Morgan fingerprint density at radius 1 is 0.962 bits per heavy atom. The van der Waals surface area contributed by atoms with Crippen molar-refractivity contribution in [2.45, 2.75) is 22.5 Å². The second-order valence-electron chi connectivity index (χ2n) is 5.27. The van der Waals surface area contributed by atoms with Crippen molar-refractivity contribution in [2.24, 2.45) is 0 Å². The summed E-state index contributed by atoms with van der Waals surface area (Å²) in [4.78, 5) is 20.6. The van der Waals surface area contributed by atoms with E-state index in [1.165, 1.54) is 24.3 Å². The fourth-order valence-electron chi connectivity index (χ4n) is 1.96. The Hall–Kier alpha value is -2.06. The summed E-state index contributed by atoms with van der Waals surface area (Å²) in [5.41, 5.74) is 1.18. The topological polar surface area (TPSA) is 115 Å². The number of hydrogen-bond donors (Lipinski definition) is 4. The molecule has 0 saturated heterocycles. The predicted molar refractivity (Wildman–Crippen MR) is 104 cm³/mol. The van der Waals surface area contributed by atoms with E-state index in [0.29, 0.717) is 11.1 Å². The van der Waals surface area contributed by atoms with E-state index in [9.17, 15) is 24.9 Å². The summed E-state index contributed by atoms with van der Waals surface area (Å²) in [6.45, 7) is 1.60. The number of alkyl halides is 2. The molecule has 0 amide bonds. The van der Waals surface area contributed by atoms with Gasteiger partial charge in [0.25, 0.3) is 0 Å². The number of rotatable bonds is 5. The molecule has 0 saturated carbocycles. The average molecular weight is 490 g/mol. The van der Waals surface area contributed by atoms with E-state index in [1.54, 1.807) is 31.2 Å². The Bertz CT molecular complexity index is 745. The first-order chi connectivity index (χ1) is 12.1. The van der Waals surface area contributed by atoms with Crippen molar-refractivity contribution in [1.82, 2.24) is 0 Å². The van der Waals surface area contributed by atoms with Gasteiger partial charge in [-0.1, -0.05) is 63.0 Å². The van der Waals surface area contributed by atoms with Gasteiger partial charge in [0.2, 0.25) is 0 Å². The molecule has 26 heavy (non-hydrogen) atoms. The molecule has 0 aliphatic carbocycles. The molecular weight excluding hydrogens is 472 g/mol. The van der Waals surface area contributed by atoms with E-state index >= 15 is 0 Å². The van der Waals surface area contributed by atoms with E-state index in [4.69, 9.17) is 5.11 Å². The third-order valence-corrected chi connectivity index (χ3v) is 6.52. The molecule has 0 aliphatic rings. The molecule has 0 aromatic heterocycles. The summed E-state index contributed by atoms with van der Waals surface area (Å²) < 4.78 is -1.41. The lowest BCUT2D eigenvalue weighted by Gasteiger charge is -2.29. The van der Waals surface area contributed by atoms with Crippen molar-refractivity contribution < 1.29 is 30.0 Å². The van der Waals surface area contributed by atoms with Crippen LogP contribution in [-0.4, -0.2) is 32.4 Å². The van der Waals surface area contributed by atoms with Gasteiger partial charge in [-0.05, 0) is 35.4 Å². The first-order valence-corrected chi connectivity index (χ1v) is 9.20. The first kappa shape index (κ1) is 22.0. The molecule has 0 heterocycles. The SMILES string of the molecule is CCC(=O)O.O=C(O)C(Br)(c1ccc(O)cc1)C(Br)c1ccc(O)cc1. The number of hydrogen-bond acceptors (Lipinski definition) is 4. The Balaban J connectivity index is 0.000000597. The lowest BCUT2D eigenvalue weighted by molar-refractivity contribution is -0.140. The molecule has 2 rings (SSSR count). The maximum absolute atomic E-state index is 11.8. The summed E-state index contributed by atoms with van der Waals surface area (Å²) >= 11 is 6.73. The zero-order valence-corrected chi connectivity index (χ0v) is 16.9. The predicted octanol–water partition coefficient (Wildman–Crippen LogP) is 4.39. The van der Waals surface area contributed by atoms with Gasteiger partial charge in [0.05, 0.1) is 4.83 Å². The summed E-state index contributed by atoms with van der Waals surface area (Å²) in [6, 6.07) is 12.3. The smallest absolute Gasteiger partial charge is 0.326 e. The zero-order valence-electron chi connectivity index (χ0n) is 13.8. The molecule has 8 heteroatoms. The first-order valence-electron chi connectivity index (χ1n) is 7.49. The highest BCUT2D eigenvalue weighted by molar-refractivity contribution is 9.12. The number of carboxylic acids is 2. The molecule has 2 aromatic carbocycles. The number of halogens is 2. The number of benzene rings is 2. The van der Waals surface area contributed by atoms with Gasteiger partial charge in [0.1, 0.15) is 11.5 Å². The van der Waals surface area contributed by atoms with Crippen LogP contribution in [0.4, 0.5) is 0 Å². The van der Waals surface area contributed by atoms with Crippen LogP contribution >= 0.6 is 31.9 Å². The van der Waals surface area contributed by atoms with Crippen molar-refractivity contribution in [3.8, 4) is 11.5 Å². The monoisotopic (exact) mass is 488 g/mol. The van der Waals surface area contributed by atoms with Crippen LogP contribution in [0.2, 0.25) is 0 Å². The minimum atomic E-state index is -1.41. The number of phenols is 2. The van der Waals surface area contributed by atoms with Gasteiger partial charge in [0, 0.05) is 6.42 Å². The van der Waals surface area contributed by atoms with Crippen LogP contribution in [0.25, 0.3) is 0 Å². The van der Waals surface area contributed by atoms with Crippen LogP contribution in [0.3, 0.4) is 0 Å². The number of aromatic hydroxyl groups is 2. The van der Waals surface area contributed by atoms with Crippen molar-refractivity contribution in [1.29, 1.82) is 0 Å². The molecule has 2 atom stereocenters. The molecule has 6 nitrogen and oxygen atoms in total. The molecule has 0 aliphatic heterocycles. The molecule has 0 spiro atoms. The fraction of sp³-hybridized carbons (Fsp3) is 0.222. The van der Waals surface area contributed by atoms with Gasteiger partial charge in [0.15, 0.2) is 4.32 Å². The van der Waals surface area contributed by atoms with Crippen LogP contribution in [0.15, 0.2) is 48.5 Å². The van der Waals surface area contributed by atoms with Crippen molar-refractivity contribution in [3.63, 3.8) is 0 Å². The highest BCUT2D eigenvalue weighted by atomic mass is 79.9. The molecule has 4 N–H and O–H groups in total. The van der Waals surface area contributed by atoms with E-state index < -0.39 is 21.1 Å². The van der Waals surface area contributed by atoms with Crippen LogP contribution in [0.5, 0.6) is 11.5 Å². The van der Waals surface area contributed by atoms with Gasteiger partial charge in [-0.15, -0.1) is 0 Å². The van der Waals surface area contributed by atoms with E-state index in [2.05, 4.69) is 31.9 Å². The Labute approximate surface area is 167 Å². The molecule has 0 fully saturated rings. The van der Waals surface area contributed by atoms with Crippen LogP contribution in [0, 0.1) is 0 Å². The minimum Gasteiger partial charge on any atom is -0.508 e. The summed E-state index contributed by atoms with van der Waals surface area (Å²) in [7, 11) is 0. The maximum Gasteiger partial charge on any atom is 0.326 e. The highest BCUT2D eigenvalue weighted by Crippen LogP contribution is 2.48. The molecule has 0 bridgehead atoms. The van der Waals surface area contributed by atoms with Crippen molar-refractivity contribution >= 4 is 43.8 Å². The Morgan fingerprint density at radius 3 is 1.69 bits per heavy atom. The van der Waals surface area contributed by atoms with Gasteiger partial charge >= 0.3 is 11.9 Å². The van der Waals surface area contributed by atoms with Crippen LogP contribution in [0.1, 0.15) is 29.3 Å². The van der Waals surface area contributed by atoms with E-state index in [0.717, 1.165) is 0 Å². The number of carboxylic acid groups (broad SMARTS) is 2. The van der Waals surface area contributed by atoms with Gasteiger partial charge in [-0.3, -0.25) is 9.59 Å². The summed E-state index contributed by atoms with van der Waals surface area (Å²) in [6.07, 6.45) is 0.222. The highest BCUT2D eigenvalue weighted by Gasteiger charge is 2.45. The van der Waals surface area contributed by atoms with Gasteiger partial charge < -0.3 is 20.4 Å². The standard InChI is InChI=1S/C15H12Br2O4.C3H6O2/c16-13(9-1-5-11(18)6-2-9)15(17,14(20)21)10-3-7-12(19)8-4-10;1-2-3(4)5/h1-8,13,18-19H,(H,20,21);2H2,1H3,(H,4,5). The Morgan fingerprint density at radius 2 is 1.35 bits per heavy atom. The largest absolute Gasteiger partial charge is 0.508 e. The Kier molecular flexibility index (Phi) is 8.10. The second kappa shape index (κ2) is 9.59. The van der Waals surface area contributed by atoms with Crippen LogP contribution < -0.4 is 0 Å². The fourth-order valence-corrected chi connectivity index (χ4v) is 3.25. The normalized spacial score (nSPS) is 13.7. The van der Waals surface area contributed by atoms with E-state index in [-0.39, 0.29) is 17.9 Å². The zero-order chi connectivity index (χ0) is 19.9. The van der Waals surface area contributed by atoms with Crippen molar-refractivity contribution in [3.05, 3.63) is 59.7 Å². The van der Waals surface area contributed by atoms with Gasteiger partial charge in [-0.25, -0.2) is 0 Å². The maximum atomic E-state index is 11.8. The van der Waals surface area contributed by atoms with Crippen molar-refractivity contribution in [2.75, 3.05) is 0 Å². The molecule has 2 unspecified atom stereocenters. The average Bonchev–Trinajstić information content (AvgIpc) is 2.62. The molecular formula is C18H18Br2O6. The van der Waals surface area contributed by atoms with Gasteiger partial charge in [-0.2, -0.15) is 0 Å². The quantitative estimate of drug-likeness (QED) is 0.463. The lowest BCUT2D eigenvalue weighted by Crippen LogP contribution is -2.33. The lowest BCUT2D eigenvalue weighted by atomic mass is 9.91. The summed E-state index contributed by atoms with van der Waals surface area (Å²) in [5, 5.41) is 36.0. The molecule has 0 radical (unpaired) electrons. The molecule has 140 valence electrons. The third kappa shape index (κ3) is 5.47. The second-order valence-corrected chi connectivity index (χ2v) is 7.43. The number of carbonyl (C=O) groups is 2. The van der Waals surface area contributed by atoms with Crippen LogP contribution in [-0.2, 0) is 13.9 Å². The summed E-state index contributed by atoms with van der Waals surface area (Å²) in [5.74, 6) is -1.64.